The van der Waals surface area contributed by atoms with Gasteiger partial charge in [-0.2, -0.15) is 0 Å². The SMILES string of the molecule is Cc1c([N+](=O)[O-])cccc1S(=O)(=O)NCC(c1cccc(F)c1)N(C)C. The van der Waals surface area contributed by atoms with Crippen LogP contribution in [0.3, 0.4) is 0 Å². The first kappa shape index (κ1) is 20.0. The van der Waals surface area contributed by atoms with Crippen molar-refractivity contribution in [3.8, 4) is 0 Å². The number of halogens is 1. The molecule has 9 heteroatoms. The zero-order valence-electron chi connectivity index (χ0n) is 14.6. The van der Waals surface area contributed by atoms with Crippen molar-refractivity contribution in [1.29, 1.82) is 0 Å². The van der Waals surface area contributed by atoms with Crippen LogP contribution in [0.1, 0.15) is 17.2 Å². The van der Waals surface area contributed by atoms with E-state index in [1.807, 2.05) is 0 Å². The molecule has 0 aliphatic carbocycles. The maximum atomic E-state index is 13.5. The first-order valence-corrected chi connectivity index (χ1v) is 9.27. The van der Waals surface area contributed by atoms with Gasteiger partial charge in [0.1, 0.15) is 5.82 Å². The zero-order valence-corrected chi connectivity index (χ0v) is 15.5. The summed E-state index contributed by atoms with van der Waals surface area (Å²) in [5.74, 6) is -0.410. The Morgan fingerprint density at radius 1 is 1.23 bits per heavy atom. The smallest absolute Gasteiger partial charge is 0.273 e. The zero-order chi connectivity index (χ0) is 19.5. The third-order valence-corrected chi connectivity index (χ3v) is 5.63. The summed E-state index contributed by atoms with van der Waals surface area (Å²) >= 11 is 0. The minimum absolute atomic E-state index is 0.0130. The first-order chi connectivity index (χ1) is 12.1. The van der Waals surface area contributed by atoms with Gasteiger partial charge in [-0.1, -0.05) is 18.2 Å². The molecule has 0 spiro atoms. The number of nitro benzene ring substituents is 1. The van der Waals surface area contributed by atoms with Crippen molar-refractivity contribution in [3.63, 3.8) is 0 Å². The van der Waals surface area contributed by atoms with Crippen LogP contribution < -0.4 is 4.72 Å². The van der Waals surface area contributed by atoms with Crippen molar-refractivity contribution >= 4 is 15.7 Å². The van der Waals surface area contributed by atoms with Gasteiger partial charge < -0.3 is 4.90 Å². The summed E-state index contributed by atoms with van der Waals surface area (Å²) in [6.45, 7) is 1.38. The molecular formula is C17H20FN3O4S. The second-order valence-corrected chi connectivity index (χ2v) is 7.78. The fourth-order valence-electron chi connectivity index (χ4n) is 2.67. The Morgan fingerprint density at radius 3 is 2.46 bits per heavy atom. The number of nitro groups is 1. The quantitative estimate of drug-likeness (QED) is 0.588. The third-order valence-electron chi connectivity index (χ3n) is 4.07. The highest BCUT2D eigenvalue weighted by atomic mass is 32.2. The molecule has 7 nitrogen and oxygen atoms in total. The summed E-state index contributed by atoms with van der Waals surface area (Å²) in [6, 6.07) is 9.42. The van der Waals surface area contributed by atoms with E-state index < -0.39 is 26.8 Å². The normalized spacial score (nSPS) is 13.0. The third kappa shape index (κ3) is 4.43. The lowest BCUT2D eigenvalue weighted by Gasteiger charge is -2.25. The summed E-state index contributed by atoms with van der Waals surface area (Å²) in [7, 11) is -0.464. The Kier molecular flexibility index (Phi) is 6.06. The van der Waals surface area contributed by atoms with Gasteiger partial charge >= 0.3 is 0 Å². The molecule has 0 radical (unpaired) electrons. The van der Waals surface area contributed by atoms with Gasteiger partial charge in [-0.25, -0.2) is 17.5 Å². The number of nitrogens with one attached hydrogen (secondary N) is 1. The maximum Gasteiger partial charge on any atom is 0.273 e. The first-order valence-electron chi connectivity index (χ1n) is 7.79. The van der Waals surface area contributed by atoms with Gasteiger partial charge in [0.15, 0.2) is 0 Å². The van der Waals surface area contributed by atoms with Crippen molar-refractivity contribution in [2.75, 3.05) is 20.6 Å². The minimum atomic E-state index is -3.97. The number of hydrogen-bond donors (Lipinski definition) is 1. The summed E-state index contributed by atoms with van der Waals surface area (Å²) in [4.78, 5) is 12.0. The molecule has 2 aromatic rings. The predicted octanol–water partition coefficient (Wildman–Crippen LogP) is 2.62. The second-order valence-electron chi connectivity index (χ2n) is 6.04. The van der Waals surface area contributed by atoms with Crippen LogP contribution in [0.5, 0.6) is 0 Å². The highest BCUT2D eigenvalue weighted by molar-refractivity contribution is 7.89. The monoisotopic (exact) mass is 381 g/mol. The molecule has 0 bridgehead atoms. The lowest BCUT2D eigenvalue weighted by atomic mass is 10.1. The molecule has 0 aliphatic heterocycles. The summed E-state index contributed by atoms with van der Waals surface area (Å²) < 4.78 is 41.2. The van der Waals surface area contributed by atoms with Gasteiger partial charge in [0, 0.05) is 24.2 Å². The standard InChI is InChI=1S/C17H20FN3O4S/c1-12-15(21(22)23)8-5-9-17(12)26(24,25)19-11-16(20(2)3)13-6-4-7-14(18)10-13/h4-10,16,19H,11H2,1-3H3. The Morgan fingerprint density at radius 2 is 1.88 bits per heavy atom. The van der Waals surface area contributed by atoms with Gasteiger partial charge in [0.05, 0.1) is 9.82 Å². The minimum Gasteiger partial charge on any atom is -0.301 e. The van der Waals surface area contributed by atoms with E-state index >= 15 is 0 Å². The van der Waals surface area contributed by atoms with Crippen molar-refractivity contribution in [1.82, 2.24) is 9.62 Å². The lowest BCUT2D eigenvalue weighted by molar-refractivity contribution is -0.385. The number of hydrogen-bond acceptors (Lipinski definition) is 5. The topological polar surface area (TPSA) is 92.5 Å². The summed E-state index contributed by atoms with van der Waals surface area (Å²) in [5.41, 5.74) is 0.424. The average molecular weight is 381 g/mol. The van der Waals surface area contributed by atoms with E-state index in [4.69, 9.17) is 0 Å². The molecule has 0 heterocycles. The number of likely N-dealkylation sites (N-methyl/N-ethyl adjacent to an activating group) is 1. The Labute approximate surface area is 151 Å². The maximum absolute atomic E-state index is 13.5. The van der Waals surface area contributed by atoms with Gasteiger partial charge in [-0.15, -0.1) is 0 Å². The van der Waals surface area contributed by atoms with E-state index in [2.05, 4.69) is 4.72 Å². The van der Waals surface area contributed by atoms with Gasteiger partial charge in [-0.05, 0) is 44.8 Å². The number of rotatable bonds is 7. The fourth-order valence-corrected chi connectivity index (χ4v) is 3.97. The second kappa shape index (κ2) is 7.90. The lowest BCUT2D eigenvalue weighted by Crippen LogP contribution is -2.34. The molecule has 0 fully saturated rings. The molecule has 0 aliphatic rings. The fraction of sp³-hybridized carbons (Fsp3) is 0.294. The van der Waals surface area contributed by atoms with Crippen LogP contribution in [-0.2, 0) is 10.0 Å². The van der Waals surface area contributed by atoms with Crippen molar-refractivity contribution in [3.05, 3.63) is 69.5 Å². The number of benzene rings is 2. The largest absolute Gasteiger partial charge is 0.301 e. The van der Waals surface area contributed by atoms with Gasteiger partial charge in [0.2, 0.25) is 10.0 Å². The van der Waals surface area contributed by atoms with E-state index in [9.17, 15) is 22.9 Å². The summed E-state index contributed by atoms with van der Waals surface area (Å²) in [5, 5.41) is 11.0. The van der Waals surface area contributed by atoms with Crippen LogP contribution in [-0.4, -0.2) is 38.9 Å². The predicted molar refractivity (Wildman–Crippen MR) is 95.8 cm³/mol. The van der Waals surface area contributed by atoms with Crippen molar-refractivity contribution in [2.45, 2.75) is 17.9 Å². The van der Waals surface area contributed by atoms with Crippen LogP contribution in [0.4, 0.5) is 10.1 Å². The highest BCUT2D eigenvalue weighted by Crippen LogP contribution is 2.25. The highest BCUT2D eigenvalue weighted by Gasteiger charge is 2.24. The molecule has 0 amide bonds. The molecule has 26 heavy (non-hydrogen) atoms. The molecule has 1 atom stereocenters. The van der Waals surface area contributed by atoms with E-state index in [1.54, 1.807) is 31.1 Å². The molecule has 2 aromatic carbocycles. The van der Waals surface area contributed by atoms with Gasteiger partial charge in [0.25, 0.3) is 5.69 Å². The van der Waals surface area contributed by atoms with E-state index in [-0.39, 0.29) is 22.7 Å². The Hall–Kier alpha value is -2.36. The number of sulfonamides is 1. The molecule has 0 aromatic heterocycles. The van der Waals surface area contributed by atoms with Crippen LogP contribution in [0, 0.1) is 22.9 Å². The van der Waals surface area contributed by atoms with E-state index in [1.165, 1.54) is 37.3 Å². The van der Waals surface area contributed by atoms with Gasteiger partial charge in [-0.3, -0.25) is 10.1 Å². The van der Waals surface area contributed by atoms with Crippen LogP contribution in [0.2, 0.25) is 0 Å². The molecule has 1 N–H and O–H groups in total. The summed E-state index contributed by atoms with van der Waals surface area (Å²) in [6.07, 6.45) is 0. The number of nitrogens with zero attached hydrogens (tertiary/aromatic N) is 2. The van der Waals surface area contributed by atoms with Crippen molar-refractivity contribution in [2.24, 2.45) is 0 Å². The van der Waals surface area contributed by atoms with E-state index in [0.29, 0.717) is 5.56 Å². The van der Waals surface area contributed by atoms with Crippen LogP contribution in [0.15, 0.2) is 47.4 Å². The van der Waals surface area contributed by atoms with Crippen molar-refractivity contribution < 1.29 is 17.7 Å². The molecule has 0 saturated carbocycles. The van der Waals surface area contributed by atoms with Crippen LogP contribution >= 0.6 is 0 Å². The molecule has 140 valence electrons. The van der Waals surface area contributed by atoms with E-state index in [0.717, 1.165) is 0 Å². The molecule has 2 rings (SSSR count). The molecular weight excluding hydrogens is 361 g/mol. The average Bonchev–Trinajstić information content (AvgIpc) is 2.54. The van der Waals surface area contributed by atoms with Crippen LogP contribution in [0.25, 0.3) is 0 Å². The molecule has 1 unspecified atom stereocenters. The Bertz CT molecular complexity index is 916. The Balaban J connectivity index is 2.29. The molecule has 0 saturated heterocycles.